The Morgan fingerprint density at radius 3 is 2.73 bits per heavy atom. The van der Waals surface area contributed by atoms with E-state index in [9.17, 15) is 9.00 Å². The minimum Gasteiger partial charge on any atom is -0.491 e. The van der Waals surface area contributed by atoms with E-state index in [-0.39, 0.29) is 5.78 Å². The number of Topliss-reactive ketones (excluding diaryl/α,β-unsaturated/α-hetero) is 1. The number of aromatic nitrogens is 1. The third-order valence-electron chi connectivity index (χ3n) is 4.61. The molecule has 0 radical (unpaired) electrons. The molecule has 0 aliphatic heterocycles. The van der Waals surface area contributed by atoms with Crippen molar-refractivity contribution in [1.29, 1.82) is 0 Å². The predicted molar refractivity (Wildman–Crippen MR) is 125 cm³/mol. The summed E-state index contributed by atoms with van der Waals surface area (Å²) in [6.07, 6.45) is 5.17. The van der Waals surface area contributed by atoms with E-state index < -0.39 is 10.8 Å². The third-order valence-corrected chi connectivity index (χ3v) is 5.80. The molecule has 1 N–H and O–H groups in total. The number of fused-ring (bicyclic) bond motifs is 1. The molecule has 0 aliphatic carbocycles. The molecule has 30 heavy (non-hydrogen) atoms. The van der Waals surface area contributed by atoms with Crippen molar-refractivity contribution < 1.29 is 13.7 Å². The summed E-state index contributed by atoms with van der Waals surface area (Å²) < 4.78 is 17.2. The summed E-state index contributed by atoms with van der Waals surface area (Å²) in [5, 5.41) is 4.70. The number of nitrogens with zero attached hydrogens (tertiary/aromatic N) is 1. The van der Waals surface area contributed by atoms with Gasteiger partial charge in [-0.15, -0.1) is 0 Å². The van der Waals surface area contributed by atoms with Crippen LogP contribution in [0, 0.1) is 0 Å². The lowest BCUT2D eigenvalue weighted by Gasteiger charge is -2.16. The van der Waals surface area contributed by atoms with Gasteiger partial charge >= 0.3 is 0 Å². The van der Waals surface area contributed by atoms with Gasteiger partial charge in [-0.05, 0) is 31.0 Å². The number of hydrogen-bond donors (Lipinski definition) is 1. The quantitative estimate of drug-likeness (QED) is 0.318. The summed E-state index contributed by atoms with van der Waals surface area (Å²) >= 11 is 6.35. The monoisotopic (exact) mass is 444 g/mol. The second kappa shape index (κ2) is 10.5. The van der Waals surface area contributed by atoms with Crippen LogP contribution in [0.2, 0.25) is 5.02 Å². The van der Waals surface area contributed by atoms with E-state index in [1.807, 2.05) is 43.3 Å². The first-order valence-corrected chi connectivity index (χ1v) is 12.0. The Hall–Kier alpha value is -2.44. The number of benzene rings is 2. The molecule has 158 valence electrons. The number of rotatable bonds is 10. The van der Waals surface area contributed by atoms with Crippen LogP contribution >= 0.6 is 11.6 Å². The Morgan fingerprint density at radius 2 is 2.00 bits per heavy atom. The van der Waals surface area contributed by atoms with Gasteiger partial charge in [-0.2, -0.15) is 0 Å². The highest BCUT2D eigenvalue weighted by atomic mass is 35.5. The van der Waals surface area contributed by atoms with Crippen LogP contribution in [-0.4, -0.2) is 33.6 Å². The summed E-state index contributed by atoms with van der Waals surface area (Å²) in [4.78, 5) is 17.3. The van der Waals surface area contributed by atoms with Gasteiger partial charge in [0, 0.05) is 40.8 Å². The van der Waals surface area contributed by atoms with E-state index in [0.717, 1.165) is 11.8 Å². The van der Waals surface area contributed by atoms with Crippen molar-refractivity contribution in [2.75, 3.05) is 23.9 Å². The minimum atomic E-state index is -0.845. The molecule has 0 aliphatic rings. The molecular weight excluding hydrogens is 420 g/mol. The fourth-order valence-corrected chi connectivity index (χ4v) is 3.87. The first kappa shape index (κ1) is 22.2. The van der Waals surface area contributed by atoms with Crippen LogP contribution in [0.15, 0.2) is 48.7 Å². The molecule has 1 aromatic heterocycles. The molecule has 1 heterocycles. The summed E-state index contributed by atoms with van der Waals surface area (Å²) in [7, 11) is -0.845. The van der Waals surface area contributed by atoms with Gasteiger partial charge in [-0.3, -0.25) is 14.0 Å². The fourth-order valence-electron chi connectivity index (χ4n) is 3.16. The van der Waals surface area contributed by atoms with Crippen LogP contribution in [0.5, 0.6) is 5.75 Å². The molecule has 0 saturated heterocycles. The predicted octanol–water partition coefficient (Wildman–Crippen LogP) is 5.76. The summed E-state index contributed by atoms with van der Waals surface area (Å²) in [6.45, 7) is 2.42. The average Bonchev–Trinajstić information content (AvgIpc) is 2.73. The van der Waals surface area contributed by atoms with Gasteiger partial charge in [-0.25, -0.2) is 0 Å². The molecule has 5 nitrogen and oxygen atoms in total. The van der Waals surface area contributed by atoms with E-state index in [1.54, 1.807) is 18.5 Å². The molecule has 0 spiro atoms. The number of pyridine rings is 1. The normalized spacial score (nSPS) is 12.0. The second-order valence-electron chi connectivity index (χ2n) is 6.96. The largest absolute Gasteiger partial charge is 0.491 e. The molecule has 0 bridgehead atoms. The smallest absolute Gasteiger partial charge is 0.166 e. The number of ketones is 1. The summed E-state index contributed by atoms with van der Waals surface area (Å²) in [6, 6.07) is 13.1. The average molecular weight is 445 g/mol. The zero-order valence-corrected chi connectivity index (χ0v) is 18.7. The molecule has 1 atom stereocenters. The lowest BCUT2D eigenvalue weighted by molar-refractivity contribution is 0.0982. The Labute approximate surface area is 184 Å². The van der Waals surface area contributed by atoms with Gasteiger partial charge in [-0.1, -0.05) is 42.8 Å². The van der Waals surface area contributed by atoms with Gasteiger partial charge in [0.25, 0.3) is 0 Å². The molecule has 0 fully saturated rings. The molecular formula is C23H25ClN2O3S. The fraction of sp³-hybridized carbons (Fsp3) is 0.304. The molecule has 2 aromatic carbocycles. The number of anilines is 2. The zero-order valence-electron chi connectivity index (χ0n) is 17.1. The standard InChI is InChI=1S/C23H25ClN2O3S/c1-3-8-20(27)17-15-25-23-16(22(17)26-19-11-5-4-10-18(19)24)9-6-12-21(23)29-13-7-14-30(2)28/h4-6,9-12,15H,3,7-8,13-14H2,1-2H3,(H,25,26). The van der Waals surface area contributed by atoms with Crippen molar-refractivity contribution >= 4 is 50.5 Å². The van der Waals surface area contributed by atoms with Crippen LogP contribution in [0.1, 0.15) is 36.5 Å². The Kier molecular flexibility index (Phi) is 7.82. The zero-order chi connectivity index (χ0) is 21.5. The van der Waals surface area contributed by atoms with Gasteiger partial charge < -0.3 is 10.1 Å². The van der Waals surface area contributed by atoms with Crippen molar-refractivity contribution in [3.05, 3.63) is 59.2 Å². The highest BCUT2D eigenvalue weighted by molar-refractivity contribution is 7.84. The van der Waals surface area contributed by atoms with Crippen LogP contribution in [-0.2, 0) is 10.8 Å². The lowest BCUT2D eigenvalue weighted by atomic mass is 10.0. The van der Waals surface area contributed by atoms with E-state index in [0.29, 0.717) is 58.4 Å². The highest BCUT2D eigenvalue weighted by Crippen LogP contribution is 2.35. The van der Waals surface area contributed by atoms with Crippen LogP contribution in [0.3, 0.4) is 0 Å². The maximum absolute atomic E-state index is 12.8. The highest BCUT2D eigenvalue weighted by Gasteiger charge is 2.18. The SMILES string of the molecule is CCCC(=O)c1cnc2c(OCCCS(C)=O)cccc2c1Nc1ccccc1Cl. The molecule has 7 heteroatoms. The van der Waals surface area contributed by atoms with Gasteiger partial charge in [0.1, 0.15) is 11.3 Å². The first-order valence-electron chi connectivity index (χ1n) is 9.90. The van der Waals surface area contributed by atoms with Crippen LogP contribution in [0.4, 0.5) is 11.4 Å². The Morgan fingerprint density at radius 1 is 1.20 bits per heavy atom. The van der Waals surface area contributed by atoms with Crippen molar-refractivity contribution in [2.24, 2.45) is 0 Å². The Bertz CT molecular complexity index is 1070. The van der Waals surface area contributed by atoms with Gasteiger partial charge in [0.15, 0.2) is 5.78 Å². The molecule has 0 saturated carbocycles. The summed E-state index contributed by atoms with van der Waals surface area (Å²) in [5.41, 5.74) is 2.58. The number of hydrogen-bond acceptors (Lipinski definition) is 5. The van der Waals surface area contributed by atoms with Gasteiger partial charge in [0.05, 0.1) is 28.6 Å². The minimum absolute atomic E-state index is 0.0261. The van der Waals surface area contributed by atoms with E-state index in [2.05, 4.69) is 10.3 Å². The van der Waals surface area contributed by atoms with Crippen LogP contribution in [0.25, 0.3) is 10.9 Å². The van der Waals surface area contributed by atoms with Crippen molar-refractivity contribution in [2.45, 2.75) is 26.2 Å². The van der Waals surface area contributed by atoms with E-state index in [4.69, 9.17) is 16.3 Å². The van der Waals surface area contributed by atoms with Gasteiger partial charge in [0.2, 0.25) is 0 Å². The molecule has 3 rings (SSSR count). The maximum atomic E-state index is 12.8. The molecule has 0 amide bonds. The molecule has 1 unspecified atom stereocenters. The number of carbonyl (C=O) groups is 1. The third kappa shape index (κ3) is 5.37. The van der Waals surface area contributed by atoms with E-state index in [1.165, 1.54) is 0 Å². The summed E-state index contributed by atoms with van der Waals surface area (Å²) in [5.74, 6) is 1.25. The maximum Gasteiger partial charge on any atom is 0.166 e. The first-order chi connectivity index (χ1) is 14.5. The number of nitrogens with one attached hydrogen (secondary N) is 1. The van der Waals surface area contributed by atoms with Crippen molar-refractivity contribution in [3.8, 4) is 5.75 Å². The molecule has 3 aromatic rings. The topological polar surface area (TPSA) is 68.3 Å². The van der Waals surface area contributed by atoms with Crippen molar-refractivity contribution in [3.63, 3.8) is 0 Å². The Balaban J connectivity index is 2.03. The van der Waals surface area contributed by atoms with Crippen LogP contribution < -0.4 is 10.1 Å². The number of para-hydroxylation sites is 2. The number of carbonyl (C=O) groups excluding carboxylic acids is 1. The lowest BCUT2D eigenvalue weighted by Crippen LogP contribution is -2.07. The van der Waals surface area contributed by atoms with E-state index >= 15 is 0 Å². The number of ether oxygens (including phenoxy) is 1. The second-order valence-corrected chi connectivity index (χ2v) is 8.92. The number of halogens is 1. The van der Waals surface area contributed by atoms with Crippen molar-refractivity contribution in [1.82, 2.24) is 4.98 Å².